The first-order valence-corrected chi connectivity index (χ1v) is 14.2. The molecule has 0 aliphatic heterocycles. The number of hydrogen-bond acceptors (Lipinski definition) is 6. The van der Waals surface area contributed by atoms with Crippen molar-refractivity contribution in [2.75, 3.05) is 14.2 Å². The second-order valence-electron chi connectivity index (χ2n) is 9.07. The van der Waals surface area contributed by atoms with Crippen molar-refractivity contribution in [2.24, 2.45) is 10.8 Å². The summed E-state index contributed by atoms with van der Waals surface area (Å²) < 4.78 is 7.84. The number of amides is 2. The summed E-state index contributed by atoms with van der Waals surface area (Å²) in [6, 6.07) is 0. The molecule has 0 saturated heterocycles. The highest BCUT2D eigenvalue weighted by Gasteiger charge is 2.74. The van der Waals surface area contributed by atoms with Crippen LogP contribution in [0.25, 0.3) is 0 Å². The van der Waals surface area contributed by atoms with Crippen molar-refractivity contribution >= 4 is 119 Å². The van der Waals surface area contributed by atoms with Crippen LogP contribution >= 0.6 is 95.6 Å². The summed E-state index contributed by atoms with van der Waals surface area (Å²) in [4.78, 5) is 52.1. The second-order valence-corrected chi connectivity index (χ2v) is 22.6. The zero-order valence-corrected chi connectivity index (χ0v) is 26.5. The molecule has 4 bridgehead atoms. The van der Waals surface area contributed by atoms with E-state index in [9.17, 15) is 19.2 Å². The zero-order chi connectivity index (χ0) is 24.4. The number of ether oxygens (including phenoxy) is 2. The molecular formula is C18H20Br6N2O6. The molecular weight excluding hydrogens is 820 g/mol. The van der Waals surface area contributed by atoms with E-state index in [-0.39, 0.29) is 32.1 Å². The van der Waals surface area contributed by atoms with E-state index < -0.39 is 49.9 Å². The number of nitrogens with one attached hydrogen (secondary N) is 2. The Morgan fingerprint density at radius 2 is 0.938 bits per heavy atom. The lowest BCUT2D eigenvalue weighted by Gasteiger charge is -2.68. The van der Waals surface area contributed by atoms with E-state index >= 15 is 0 Å². The summed E-state index contributed by atoms with van der Waals surface area (Å²) in [6.45, 7) is 0. The summed E-state index contributed by atoms with van der Waals surface area (Å²) in [5, 5.41) is 6.05. The van der Waals surface area contributed by atoms with Crippen molar-refractivity contribution in [3.8, 4) is 0 Å². The fourth-order valence-corrected chi connectivity index (χ4v) is 6.99. The van der Waals surface area contributed by atoms with Gasteiger partial charge in [0.05, 0.1) is 25.0 Å². The molecule has 4 saturated carbocycles. The van der Waals surface area contributed by atoms with Gasteiger partial charge in [0.15, 0.2) is 0 Å². The first-order chi connectivity index (χ1) is 14.5. The van der Waals surface area contributed by atoms with Gasteiger partial charge in [0.1, 0.15) is 0 Å². The summed E-state index contributed by atoms with van der Waals surface area (Å²) in [6.07, 6.45) is 1.67. The molecule has 4 aliphatic rings. The van der Waals surface area contributed by atoms with E-state index in [0.29, 0.717) is 6.42 Å². The molecule has 8 nitrogen and oxygen atoms in total. The summed E-state index contributed by atoms with van der Waals surface area (Å²) in [5.74, 6) is -1.83. The average molecular weight is 840 g/mol. The molecule has 4 aliphatic carbocycles. The molecule has 4 fully saturated rings. The van der Waals surface area contributed by atoms with Crippen LogP contribution in [0.3, 0.4) is 0 Å². The van der Waals surface area contributed by atoms with Gasteiger partial charge in [-0.1, -0.05) is 0 Å². The Morgan fingerprint density at radius 3 is 1.19 bits per heavy atom. The molecule has 0 aromatic carbocycles. The quantitative estimate of drug-likeness (QED) is 0.327. The molecule has 0 aromatic rings. The SMILES string of the molecule is COC(=O)C12CC3(NC(=O)C(Br)(Br)Br)CC(NC(=O)C(Br)(Br)Br)(C1)CC(C(=O)OC)(C3)C2. The molecule has 14 heteroatoms. The monoisotopic (exact) mass is 834 g/mol. The van der Waals surface area contributed by atoms with Gasteiger partial charge in [-0.2, -0.15) is 0 Å². The molecule has 4 rings (SSSR count). The van der Waals surface area contributed by atoms with Crippen LogP contribution in [0.15, 0.2) is 0 Å². The molecule has 32 heavy (non-hydrogen) atoms. The Morgan fingerprint density at radius 1 is 0.625 bits per heavy atom. The molecule has 0 atom stereocenters. The predicted octanol–water partition coefficient (Wildman–Crippen LogP) is 4.07. The van der Waals surface area contributed by atoms with Gasteiger partial charge in [0.25, 0.3) is 11.8 Å². The van der Waals surface area contributed by atoms with Gasteiger partial charge in [-0.05, 0) is 134 Å². The minimum Gasteiger partial charge on any atom is -0.469 e. The van der Waals surface area contributed by atoms with E-state index in [1.54, 1.807) is 0 Å². The van der Waals surface area contributed by atoms with Crippen molar-refractivity contribution < 1.29 is 28.7 Å². The number of methoxy groups -OCH3 is 2. The zero-order valence-electron chi connectivity index (χ0n) is 17.0. The number of carbonyl (C=O) groups is 4. The lowest BCUT2D eigenvalue weighted by Crippen LogP contribution is -2.78. The molecule has 0 aromatic heterocycles. The summed E-state index contributed by atoms with van der Waals surface area (Å²) in [7, 11) is 2.59. The Balaban J connectivity index is 2.16. The van der Waals surface area contributed by atoms with Gasteiger partial charge in [-0.3, -0.25) is 19.2 Å². The van der Waals surface area contributed by atoms with E-state index in [1.165, 1.54) is 14.2 Å². The van der Waals surface area contributed by atoms with Crippen LogP contribution in [0.4, 0.5) is 0 Å². The van der Waals surface area contributed by atoms with Crippen LogP contribution in [0.2, 0.25) is 0 Å². The lowest BCUT2D eigenvalue weighted by molar-refractivity contribution is -0.204. The average Bonchev–Trinajstić information content (AvgIpc) is 2.63. The van der Waals surface area contributed by atoms with Crippen LogP contribution in [0.1, 0.15) is 38.5 Å². The van der Waals surface area contributed by atoms with Crippen molar-refractivity contribution in [2.45, 2.75) is 53.9 Å². The first-order valence-electron chi connectivity index (χ1n) is 9.42. The maximum atomic E-state index is 13.1. The maximum Gasteiger partial charge on any atom is 0.312 e. The van der Waals surface area contributed by atoms with Crippen LogP contribution in [0.5, 0.6) is 0 Å². The van der Waals surface area contributed by atoms with E-state index in [1.807, 2.05) is 0 Å². The standard InChI is InChI=1S/C18H20Br6N2O6/c1-31-11(29)13-3-14(12(30)32-2)6-15(4-13,25-9(27)17(19,20)21)8-16(5-13,7-14)26-10(28)18(22,23)24/h3-8H2,1-2H3,(H,25,27)(H,26,28). The number of carbonyl (C=O) groups excluding carboxylic acids is 4. The predicted molar refractivity (Wildman–Crippen MR) is 137 cm³/mol. The minimum atomic E-state index is -1.24. The Hall–Kier alpha value is 0.760. The van der Waals surface area contributed by atoms with Crippen LogP contribution in [-0.4, -0.2) is 53.3 Å². The highest BCUT2D eigenvalue weighted by molar-refractivity contribution is 9.40. The molecule has 0 heterocycles. The first kappa shape index (κ1) is 27.3. The molecule has 2 amide bonds. The van der Waals surface area contributed by atoms with E-state index in [0.717, 1.165) is 0 Å². The van der Waals surface area contributed by atoms with E-state index in [4.69, 9.17) is 9.47 Å². The van der Waals surface area contributed by atoms with Gasteiger partial charge in [0.2, 0.25) is 4.29 Å². The number of esters is 2. The second kappa shape index (κ2) is 8.70. The van der Waals surface area contributed by atoms with Crippen LogP contribution < -0.4 is 10.6 Å². The maximum absolute atomic E-state index is 13.1. The third-order valence-electron chi connectivity index (χ3n) is 6.57. The molecule has 0 radical (unpaired) electrons. The van der Waals surface area contributed by atoms with Gasteiger partial charge < -0.3 is 20.1 Å². The van der Waals surface area contributed by atoms with Gasteiger partial charge in [0, 0.05) is 11.1 Å². The highest BCUT2D eigenvalue weighted by atomic mass is 80.0. The molecule has 0 spiro atoms. The van der Waals surface area contributed by atoms with E-state index in [2.05, 4.69) is 106 Å². The lowest BCUT2D eigenvalue weighted by atomic mass is 9.39. The third kappa shape index (κ3) is 4.87. The molecule has 180 valence electrons. The molecule has 2 N–H and O–H groups in total. The number of halogens is 6. The fourth-order valence-electron chi connectivity index (χ4n) is 6.39. The van der Waals surface area contributed by atoms with Gasteiger partial charge >= 0.3 is 11.9 Å². The number of alkyl halides is 6. The Labute approximate surface area is 235 Å². The van der Waals surface area contributed by atoms with Crippen LogP contribution in [-0.2, 0) is 28.7 Å². The van der Waals surface area contributed by atoms with Crippen molar-refractivity contribution in [1.82, 2.24) is 10.6 Å². The summed E-state index contributed by atoms with van der Waals surface area (Å²) in [5.41, 5.74) is -4.09. The minimum absolute atomic E-state index is 0.221. The summed E-state index contributed by atoms with van der Waals surface area (Å²) >= 11 is 19.4. The fraction of sp³-hybridized carbons (Fsp3) is 0.778. The number of rotatable bonds is 4. The highest BCUT2D eigenvalue weighted by Crippen LogP contribution is 2.68. The smallest absolute Gasteiger partial charge is 0.312 e. The number of hydrogen-bond donors (Lipinski definition) is 2. The largest absolute Gasteiger partial charge is 0.469 e. The topological polar surface area (TPSA) is 111 Å². The molecule has 0 unspecified atom stereocenters. The third-order valence-corrected chi connectivity index (χ3v) is 8.73. The normalized spacial score (nSPS) is 35.8. The van der Waals surface area contributed by atoms with Crippen LogP contribution in [0, 0.1) is 10.8 Å². The van der Waals surface area contributed by atoms with Gasteiger partial charge in [-0.15, -0.1) is 0 Å². The van der Waals surface area contributed by atoms with Crippen molar-refractivity contribution in [3.63, 3.8) is 0 Å². The Kier molecular flexibility index (Phi) is 7.44. The van der Waals surface area contributed by atoms with Crippen molar-refractivity contribution in [3.05, 3.63) is 0 Å². The van der Waals surface area contributed by atoms with Gasteiger partial charge in [-0.25, -0.2) is 0 Å². The van der Waals surface area contributed by atoms with Crippen molar-refractivity contribution in [1.29, 1.82) is 0 Å². The Bertz CT molecular complexity index is 787.